The molecule has 0 unspecified atom stereocenters. The van der Waals surface area contributed by atoms with Crippen LogP contribution in [0, 0.1) is 6.92 Å². The number of nitrogens with two attached hydrogens (primary N) is 1. The second kappa shape index (κ2) is 6.33. The van der Waals surface area contributed by atoms with E-state index in [9.17, 15) is 5.11 Å². The summed E-state index contributed by atoms with van der Waals surface area (Å²) in [7, 11) is 0. The number of aryl methyl sites for hydroxylation is 1. The van der Waals surface area contributed by atoms with Crippen LogP contribution in [-0.2, 0) is 0 Å². The Hall–Kier alpha value is -1.28. The Labute approximate surface area is 97.8 Å². The summed E-state index contributed by atoms with van der Waals surface area (Å²) in [4.78, 5) is 0. The van der Waals surface area contributed by atoms with E-state index in [2.05, 4.69) is 19.9 Å². The van der Waals surface area contributed by atoms with E-state index in [1.165, 1.54) is 11.1 Å². The largest absolute Gasteiger partial charge is 0.508 e. The van der Waals surface area contributed by atoms with E-state index in [-0.39, 0.29) is 0 Å². The number of unbranched alkanes of at least 4 members (excludes halogenated alkanes) is 1. The maximum atomic E-state index is 9.52. The van der Waals surface area contributed by atoms with Gasteiger partial charge in [0.05, 0.1) is 0 Å². The molecule has 88 valence electrons. The van der Waals surface area contributed by atoms with E-state index in [4.69, 9.17) is 5.73 Å². The zero-order valence-corrected chi connectivity index (χ0v) is 10.2. The van der Waals surface area contributed by atoms with Crippen molar-refractivity contribution in [2.24, 2.45) is 5.73 Å². The molecular weight excluding hydrogens is 198 g/mol. The molecule has 1 aromatic carbocycles. The van der Waals surface area contributed by atoms with Crippen molar-refractivity contribution in [3.05, 3.63) is 35.4 Å². The molecular formula is C14H21NO. The van der Waals surface area contributed by atoms with Crippen LogP contribution in [0.2, 0.25) is 0 Å². The summed E-state index contributed by atoms with van der Waals surface area (Å²) in [5, 5.41) is 9.52. The fourth-order valence-corrected chi connectivity index (χ4v) is 1.78. The SMILES string of the molecule is CCC/C=C(/CCN)c1cc(O)ccc1C. The molecule has 0 spiro atoms. The Morgan fingerprint density at radius 2 is 2.19 bits per heavy atom. The molecule has 0 saturated carbocycles. The number of allylic oxidation sites excluding steroid dienone is 1. The first-order valence-electron chi connectivity index (χ1n) is 5.88. The highest BCUT2D eigenvalue weighted by molar-refractivity contribution is 5.69. The third-order valence-electron chi connectivity index (χ3n) is 2.66. The number of aromatic hydroxyl groups is 1. The summed E-state index contributed by atoms with van der Waals surface area (Å²) in [6.45, 7) is 4.86. The monoisotopic (exact) mass is 219 g/mol. The zero-order valence-electron chi connectivity index (χ0n) is 10.2. The van der Waals surface area contributed by atoms with Crippen molar-refractivity contribution in [3.63, 3.8) is 0 Å². The molecule has 0 radical (unpaired) electrons. The van der Waals surface area contributed by atoms with E-state index in [0.29, 0.717) is 12.3 Å². The van der Waals surface area contributed by atoms with E-state index < -0.39 is 0 Å². The smallest absolute Gasteiger partial charge is 0.116 e. The average Bonchev–Trinajstić information content (AvgIpc) is 2.28. The summed E-state index contributed by atoms with van der Waals surface area (Å²) in [5.41, 5.74) is 9.18. The van der Waals surface area contributed by atoms with Gasteiger partial charge in [-0.3, -0.25) is 0 Å². The van der Waals surface area contributed by atoms with Gasteiger partial charge in [0.2, 0.25) is 0 Å². The Morgan fingerprint density at radius 1 is 1.44 bits per heavy atom. The minimum absolute atomic E-state index is 0.319. The molecule has 2 heteroatoms. The molecule has 0 aromatic heterocycles. The summed E-state index contributed by atoms with van der Waals surface area (Å²) in [6.07, 6.45) is 5.29. The second-order valence-corrected chi connectivity index (χ2v) is 4.06. The van der Waals surface area contributed by atoms with Gasteiger partial charge in [0.25, 0.3) is 0 Å². The lowest BCUT2D eigenvalue weighted by molar-refractivity contribution is 0.475. The predicted molar refractivity (Wildman–Crippen MR) is 69.4 cm³/mol. The van der Waals surface area contributed by atoms with E-state index in [1.807, 2.05) is 12.1 Å². The zero-order chi connectivity index (χ0) is 12.0. The number of hydrogen-bond donors (Lipinski definition) is 2. The summed E-state index contributed by atoms with van der Waals surface area (Å²) in [6, 6.07) is 5.49. The molecule has 0 fully saturated rings. The second-order valence-electron chi connectivity index (χ2n) is 4.06. The molecule has 3 N–H and O–H groups in total. The van der Waals surface area contributed by atoms with Gasteiger partial charge in [-0.25, -0.2) is 0 Å². The quantitative estimate of drug-likeness (QED) is 0.798. The highest BCUT2D eigenvalue weighted by atomic mass is 16.3. The van der Waals surface area contributed by atoms with Crippen molar-refractivity contribution in [3.8, 4) is 5.75 Å². The standard InChI is InChI=1S/C14H21NO/c1-3-4-5-12(8-9-15)14-10-13(16)7-6-11(14)2/h5-7,10,16H,3-4,8-9,15H2,1-2H3/b12-5-. The Kier molecular flexibility index (Phi) is 5.06. The number of phenols is 1. The van der Waals surface area contributed by atoms with Crippen LogP contribution < -0.4 is 5.73 Å². The minimum atomic E-state index is 0.319. The Morgan fingerprint density at radius 3 is 2.81 bits per heavy atom. The van der Waals surface area contributed by atoms with Crippen LogP contribution in [0.5, 0.6) is 5.75 Å². The number of benzene rings is 1. The summed E-state index contributed by atoms with van der Waals surface area (Å²) < 4.78 is 0. The first-order chi connectivity index (χ1) is 7.69. The number of hydrogen-bond acceptors (Lipinski definition) is 2. The van der Waals surface area contributed by atoms with Crippen LogP contribution in [0.1, 0.15) is 37.3 Å². The molecule has 16 heavy (non-hydrogen) atoms. The molecule has 0 bridgehead atoms. The van der Waals surface area contributed by atoms with Gasteiger partial charge in [-0.1, -0.05) is 25.5 Å². The molecule has 0 aliphatic heterocycles. The summed E-state index contributed by atoms with van der Waals surface area (Å²) in [5.74, 6) is 0.319. The molecule has 0 saturated heterocycles. The Bertz CT molecular complexity index is 369. The first kappa shape index (κ1) is 12.8. The van der Waals surface area contributed by atoms with Gasteiger partial charge in [0, 0.05) is 0 Å². The van der Waals surface area contributed by atoms with Crippen molar-refractivity contribution in [1.82, 2.24) is 0 Å². The van der Waals surface area contributed by atoms with Crippen molar-refractivity contribution in [1.29, 1.82) is 0 Å². The van der Waals surface area contributed by atoms with Crippen molar-refractivity contribution >= 4 is 5.57 Å². The molecule has 1 rings (SSSR count). The lowest BCUT2D eigenvalue weighted by atomic mass is 9.96. The van der Waals surface area contributed by atoms with Gasteiger partial charge in [-0.2, -0.15) is 0 Å². The number of rotatable bonds is 5. The third-order valence-corrected chi connectivity index (χ3v) is 2.66. The van der Waals surface area contributed by atoms with Crippen molar-refractivity contribution in [2.75, 3.05) is 6.54 Å². The Balaban J connectivity index is 3.04. The molecule has 0 amide bonds. The van der Waals surface area contributed by atoms with E-state index in [1.54, 1.807) is 6.07 Å². The third kappa shape index (κ3) is 3.38. The molecule has 0 aliphatic rings. The van der Waals surface area contributed by atoms with Crippen molar-refractivity contribution in [2.45, 2.75) is 33.1 Å². The van der Waals surface area contributed by atoms with Gasteiger partial charge in [0.1, 0.15) is 5.75 Å². The van der Waals surface area contributed by atoms with Crippen LogP contribution in [0.3, 0.4) is 0 Å². The van der Waals surface area contributed by atoms with Gasteiger partial charge in [-0.05, 0) is 55.1 Å². The highest BCUT2D eigenvalue weighted by Crippen LogP contribution is 2.26. The predicted octanol–water partition coefficient (Wildman–Crippen LogP) is 3.23. The normalized spacial score (nSPS) is 11.8. The number of phenolic OH excluding ortho intramolecular Hbond substituents is 1. The molecule has 0 atom stereocenters. The molecule has 0 aliphatic carbocycles. The van der Waals surface area contributed by atoms with Crippen LogP contribution in [0.25, 0.3) is 5.57 Å². The van der Waals surface area contributed by atoms with Crippen LogP contribution in [-0.4, -0.2) is 11.7 Å². The van der Waals surface area contributed by atoms with Gasteiger partial charge >= 0.3 is 0 Å². The first-order valence-corrected chi connectivity index (χ1v) is 5.88. The molecule has 1 aromatic rings. The van der Waals surface area contributed by atoms with Crippen molar-refractivity contribution < 1.29 is 5.11 Å². The van der Waals surface area contributed by atoms with Crippen LogP contribution in [0.4, 0.5) is 0 Å². The van der Waals surface area contributed by atoms with Gasteiger partial charge < -0.3 is 10.8 Å². The fourth-order valence-electron chi connectivity index (χ4n) is 1.78. The van der Waals surface area contributed by atoms with E-state index >= 15 is 0 Å². The lowest BCUT2D eigenvalue weighted by Gasteiger charge is -2.10. The van der Waals surface area contributed by atoms with Gasteiger partial charge in [-0.15, -0.1) is 0 Å². The molecule has 0 heterocycles. The van der Waals surface area contributed by atoms with E-state index in [0.717, 1.165) is 24.8 Å². The average molecular weight is 219 g/mol. The van der Waals surface area contributed by atoms with Crippen LogP contribution >= 0.6 is 0 Å². The maximum absolute atomic E-state index is 9.52. The maximum Gasteiger partial charge on any atom is 0.116 e. The summed E-state index contributed by atoms with van der Waals surface area (Å²) >= 11 is 0. The molecule has 2 nitrogen and oxygen atoms in total. The highest BCUT2D eigenvalue weighted by Gasteiger charge is 2.05. The minimum Gasteiger partial charge on any atom is -0.508 e. The lowest BCUT2D eigenvalue weighted by Crippen LogP contribution is -2.01. The van der Waals surface area contributed by atoms with Crippen LogP contribution in [0.15, 0.2) is 24.3 Å². The fraction of sp³-hybridized carbons (Fsp3) is 0.429. The van der Waals surface area contributed by atoms with Gasteiger partial charge in [0.15, 0.2) is 0 Å². The topological polar surface area (TPSA) is 46.2 Å².